The molecule has 1 saturated heterocycles. The molecule has 5 heteroatoms. The van der Waals surface area contributed by atoms with Crippen molar-refractivity contribution in [3.05, 3.63) is 24.3 Å². The van der Waals surface area contributed by atoms with Gasteiger partial charge in [0.05, 0.1) is 32.6 Å². The van der Waals surface area contributed by atoms with Crippen molar-refractivity contribution in [2.45, 2.75) is 25.4 Å². The monoisotopic (exact) mass is 291 g/mol. The van der Waals surface area contributed by atoms with Crippen LogP contribution < -0.4 is 19.7 Å². The third-order valence-corrected chi connectivity index (χ3v) is 4.11. The minimum atomic E-state index is -0.108. The van der Waals surface area contributed by atoms with Gasteiger partial charge in [0.1, 0.15) is 12.7 Å². The van der Waals surface area contributed by atoms with E-state index in [2.05, 4.69) is 5.32 Å². The lowest BCUT2D eigenvalue weighted by Gasteiger charge is -2.26. The van der Waals surface area contributed by atoms with Gasteiger partial charge in [0.25, 0.3) is 0 Å². The Morgan fingerprint density at radius 2 is 2.00 bits per heavy atom. The predicted molar refractivity (Wildman–Crippen MR) is 78.8 cm³/mol. The third-order valence-electron chi connectivity index (χ3n) is 4.11. The molecule has 0 bridgehead atoms. The number of hydrogen-bond donors (Lipinski definition) is 2. The standard InChI is InChI=1S/C16H22N2O3/c19-16(7-10-18-8-3-4-9-18)17-11-13-12-20-14-5-1-2-6-15(14)21-13/h1-2,5-6,13H,3-4,7-12H2,(H,17,19)/p+1/t13-/m1/s1. The fourth-order valence-electron chi connectivity index (χ4n) is 2.90. The van der Waals surface area contributed by atoms with Crippen LogP contribution in [0.3, 0.4) is 0 Å². The molecule has 1 atom stereocenters. The van der Waals surface area contributed by atoms with E-state index in [1.54, 1.807) is 4.90 Å². The van der Waals surface area contributed by atoms with E-state index < -0.39 is 0 Å². The fourth-order valence-corrected chi connectivity index (χ4v) is 2.90. The van der Waals surface area contributed by atoms with E-state index in [0.717, 1.165) is 18.0 Å². The molecule has 0 aromatic heterocycles. The van der Waals surface area contributed by atoms with E-state index in [1.807, 2.05) is 24.3 Å². The van der Waals surface area contributed by atoms with Crippen molar-refractivity contribution in [1.29, 1.82) is 0 Å². The van der Waals surface area contributed by atoms with Crippen molar-refractivity contribution in [2.24, 2.45) is 0 Å². The van der Waals surface area contributed by atoms with Gasteiger partial charge in [0.2, 0.25) is 5.91 Å². The topological polar surface area (TPSA) is 52.0 Å². The third kappa shape index (κ3) is 3.88. The van der Waals surface area contributed by atoms with Crippen LogP contribution in [0.25, 0.3) is 0 Å². The van der Waals surface area contributed by atoms with Gasteiger partial charge < -0.3 is 19.7 Å². The quantitative estimate of drug-likeness (QED) is 0.804. The molecule has 1 fully saturated rings. The molecule has 2 aliphatic heterocycles. The van der Waals surface area contributed by atoms with Crippen LogP contribution in [0.5, 0.6) is 11.5 Å². The predicted octanol–water partition coefficient (Wildman–Crippen LogP) is 0.0114. The molecule has 0 radical (unpaired) electrons. The van der Waals surface area contributed by atoms with Gasteiger partial charge in [0.15, 0.2) is 11.5 Å². The molecule has 1 aromatic carbocycles. The van der Waals surface area contributed by atoms with Gasteiger partial charge in [-0.05, 0) is 12.1 Å². The Hall–Kier alpha value is -1.75. The normalized spacial score (nSPS) is 21.2. The van der Waals surface area contributed by atoms with Crippen LogP contribution in [-0.2, 0) is 4.79 Å². The molecule has 1 amide bonds. The van der Waals surface area contributed by atoms with Crippen LogP contribution in [0.15, 0.2) is 24.3 Å². The summed E-state index contributed by atoms with van der Waals surface area (Å²) in [5.41, 5.74) is 0. The van der Waals surface area contributed by atoms with E-state index in [9.17, 15) is 4.79 Å². The second kappa shape index (κ2) is 6.80. The molecule has 0 unspecified atom stereocenters. The van der Waals surface area contributed by atoms with Crippen molar-refractivity contribution < 1.29 is 19.2 Å². The average Bonchev–Trinajstić information content (AvgIpc) is 3.04. The second-order valence-corrected chi connectivity index (χ2v) is 5.76. The van der Waals surface area contributed by atoms with Crippen molar-refractivity contribution in [3.63, 3.8) is 0 Å². The number of nitrogens with one attached hydrogen (secondary N) is 2. The maximum atomic E-state index is 11.9. The number of quaternary nitrogens is 1. The molecular weight excluding hydrogens is 268 g/mol. The summed E-state index contributed by atoms with van der Waals surface area (Å²) in [7, 11) is 0. The lowest BCUT2D eigenvalue weighted by molar-refractivity contribution is -0.886. The lowest BCUT2D eigenvalue weighted by Crippen LogP contribution is -3.10. The average molecular weight is 291 g/mol. The smallest absolute Gasteiger partial charge is 0.225 e. The zero-order valence-corrected chi connectivity index (χ0v) is 12.3. The maximum absolute atomic E-state index is 11.9. The van der Waals surface area contributed by atoms with Crippen LogP contribution in [0, 0.1) is 0 Å². The first-order valence-corrected chi connectivity index (χ1v) is 7.80. The van der Waals surface area contributed by atoms with E-state index >= 15 is 0 Å². The Morgan fingerprint density at radius 1 is 1.24 bits per heavy atom. The van der Waals surface area contributed by atoms with E-state index in [0.29, 0.717) is 19.6 Å². The molecule has 114 valence electrons. The van der Waals surface area contributed by atoms with Crippen molar-refractivity contribution >= 4 is 5.91 Å². The Labute approximate surface area is 125 Å². The van der Waals surface area contributed by atoms with Crippen LogP contribution in [0.1, 0.15) is 19.3 Å². The number of benzene rings is 1. The molecule has 5 nitrogen and oxygen atoms in total. The van der Waals surface area contributed by atoms with Gasteiger partial charge in [-0.25, -0.2) is 0 Å². The van der Waals surface area contributed by atoms with Crippen LogP contribution in [-0.4, -0.2) is 44.8 Å². The Morgan fingerprint density at radius 3 is 2.81 bits per heavy atom. The van der Waals surface area contributed by atoms with Gasteiger partial charge in [-0.2, -0.15) is 0 Å². The number of carbonyl (C=O) groups excluding carboxylic acids is 1. The number of fused-ring (bicyclic) bond motifs is 1. The van der Waals surface area contributed by atoms with E-state index in [1.165, 1.54) is 25.9 Å². The highest BCUT2D eigenvalue weighted by Gasteiger charge is 2.21. The number of likely N-dealkylation sites (tertiary alicyclic amines) is 1. The molecule has 1 aromatic rings. The summed E-state index contributed by atoms with van der Waals surface area (Å²) in [4.78, 5) is 13.4. The fraction of sp³-hybridized carbons (Fsp3) is 0.562. The molecule has 3 rings (SSSR count). The second-order valence-electron chi connectivity index (χ2n) is 5.76. The molecule has 2 N–H and O–H groups in total. The molecule has 21 heavy (non-hydrogen) atoms. The number of ether oxygens (including phenoxy) is 2. The van der Waals surface area contributed by atoms with Gasteiger partial charge in [-0.1, -0.05) is 12.1 Å². The number of amides is 1. The van der Waals surface area contributed by atoms with Gasteiger partial charge in [-0.15, -0.1) is 0 Å². The van der Waals surface area contributed by atoms with Gasteiger partial charge in [-0.3, -0.25) is 4.79 Å². The van der Waals surface area contributed by atoms with Crippen LogP contribution >= 0.6 is 0 Å². The Bertz CT molecular complexity index is 486. The SMILES string of the molecule is O=C(CC[NH+]1CCCC1)NC[C@@H]1COc2ccccc2O1. The van der Waals surface area contributed by atoms with Crippen LogP contribution in [0.2, 0.25) is 0 Å². The summed E-state index contributed by atoms with van der Waals surface area (Å²) in [6.07, 6.45) is 3.08. The van der Waals surface area contributed by atoms with Crippen LogP contribution in [0.4, 0.5) is 0 Å². The summed E-state index contributed by atoms with van der Waals surface area (Å²) < 4.78 is 11.4. The Balaban J connectivity index is 1.38. The minimum Gasteiger partial charge on any atom is -0.486 e. The molecule has 0 spiro atoms. The largest absolute Gasteiger partial charge is 0.486 e. The highest BCUT2D eigenvalue weighted by molar-refractivity contribution is 5.75. The summed E-state index contributed by atoms with van der Waals surface area (Å²) in [5, 5.41) is 2.95. The first kappa shape index (κ1) is 14.2. The highest BCUT2D eigenvalue weighted by Crippen LogP contribution is 2.30. The molecular formula is C16H23N2O3+. The summed E-state index contributed by atoms with van der Waals surface area (Å²) in [5.74, 6) is 1.64. The number of rotatable bonds is 5. The summed E-state index contributed by atoms with van der Waals surface area (Å²) in [6.45, 7) is 4.35. The lowest BCUT2D eigenvalue weighted by atomic mass is 10.2. The molecule has 0 saturated carbocycles. The van der Waals surface area contributed by atoms with Crippen molar-refractivity contribution in [1.82, 2.24) is 5.32 Å². The zero-order valence-electron chi connectivity index (χ0n) is 12.3. The van der Waals surface area contributed by atoms with Gasteiger partial charge in [0, 0.05) is 12.8 Å². The number of carbonyl (C=O) groups is 1. The highest BCUT2D eigenvalue weighted by atomic mass is 16.6. The van der Waals surface area contributed by atoms with Gasteiger partial charge >= 0.3 is 0 Å². The number of hydrogen-bond acceptors (Lipinski definition) is 3. The summed E-state index contributed by atoms with van der Waals surface area (Å²) >= 11 is 0. The molecule has 2 aliphatic rings. The molecule has 2 heterocycles. The summed E-state index contributed by atoms with van der Waals surface area (Å²) in [6, 6.07) is 7.62. The molecule has 0 aliphatic carbocycles. The minimum absolute atomic E-state index is 0.108. The van der Waals surface area contributed by atoms with E-state index in [4.69, 9.17) is 9.47 Å². The first-order valence-electron chi connectivity index (χ1n) is 7.80. The zero-order chi connectivity index (χ0) is 14.5. The Kier molecular flexibility index (Phi) is 4.60. The first-order chi connectivity index (χ1) is 10.3. The maximum Gasteiger partial charge on any atom is 0.225 e. The van der Waals surface area contributed by atoms with Crippen molar-refractivity contribution in [3.8, 4) is 11.5 Å². The van der Waals surface area contributed by atoms with E-state index in [-0.39, 0.29) is 12.0 Å². The van der Waals surface area contributed by atoms with Crippen molar-refractivity contribution in [2.75, 3.05) is 32.8 Å². The number of para-hydroxylation sites is 2.